The molecule has 1 aromatic carbocycles. The van der Waals surface area contributed by atoms with E-state index in [4.69, 9.17) is 0 Å². The molecule has 0 aliphatic heterocycles. The van der Waals surface area contributed by atoms with Crippen molar-refractivity contribution < 1.29 is 9.50 Å². The molecule has 4 nitrogen and oxygen atoms in total. The van der Waals surface area contributed by atoms with Crippen molar-refractivity contribution in [1.29, 1.82) is 0 Å². The van der Waals surface area contributed by atoms with E-state index in [1.165, 1.54) is 29.5 Å². The Morgan fingerprint density at radius 2 is 2.10 bits per heavy atom. The van der Waals surface area contributed by atoms with Crippen LogP contribution in [0.15, 0.2) is 41.2 Å². The van der Waals surface area contributed by atoms with Crippen molar-refractivity contribution in [2.24, 2.45) is 0 Å². The third-order valence-electron chi connectivity index (χ3n) is 2.99. The highest BCUT2D eigenvalue weighted by Crippen LogP contribution is 2.29. The first kappa shape index (κ1) is 13.5. The van der Waals surface area contributed by atoms with E-state index in [0.717, 1.165) is 9.75 Å². The molecule has 0 aliphatic carbocycles. The lowest BCUT2D eigenvalue weighted by Gasteiger charge is -2.05. The average molecular weight is 302 g/mol. The van der Waals surface area contributed by atoms with Gasteiger partial charge in [-0.05, 0) is 36.8 Å². The monoisotopic (exact) mass is 302 g/mol. The van der Waals surface area contributed by atoms with Gasteiger partial charge >= 0.3 is 0 Å². The predicted octanol–water partition coefficient (Wildman–Crippen LogP) is 3.32. The summed E-state index contributed by atoms with van der Waals surface area (Å²) >= 11 is 1.46. The number of thiophene rings is 1. The van der Waals surface area contributed by atoms with Gasteiger partial charge in [-0.25, -0.2) is 4.39 Å². The molecule has 0 spiro atoms. The molecule has 0 saturated carbocycles. The van der Waals surface area contributed by atoms with Gasteiger partial charge in [0.05, 0.1) is 4.88 Å². The van der Waals surface area contributed by atoms with Crippen LogP contribution in [0.3, 0.4) is 0 Å². The first-order valence-electron chi connectivity index (χ1n) is 6.20. The highest BCUT2D eigenvalue weighted by molar-refractivity contribution is 7.15. The van der Waals surface area contributed by atoms with E-state index >= 15 is 0 Å². The summed E-state index contributed by atoms with van der Waals surface area (Å²) in [6.07, 6.45) is 0. The van der Waals surface area contributed by atoms with Gasteiger partial charge in [0.25, 0.3) is 5.56 Å². The van der Waals surface area contributed by atoms with Gasteiger partial charge in [-0.2, -0.15) is 4.98 Å². The van der Waals surface area contributed by atoms with E-state index < -0.39 is 17.3 Å². The molecule has 3 rings (SSSR count). The van der Waals surface area contributed by atoms with Crippen LogP contribution in [0.4, 0.5) is 4.39 Å². The molecule has 0 saturated heterocycles. The largest absolute Gasteiger partial charge is 0.493 e. The molecule has 2 heterocycles. The second-order valence-electron chi connectivity index (χ2n) is 4.53. The zero-order valence-electron chi connectivity index (χ0n) is 11.1. The normalized spacial score (nSPS) is 10.8. The maximum atomic E-state index is 13.3. The van der Waals surface area contributed by atoms with Crippen LogP contribution in [0.5, 0.6) is 5.88 Å². The summed E-state index contributed by atoms with van der Waals surface area (Å²) in [5, 5.41) is 10.0. The number of nitrogens with one attached hydrogen (secondary N) is 1. The number of aromatic hydroxyl groups is 1. The maximum Gasteiger partial charge on any atom is 0.262 e. The van der Waals surface area contributed by atoms with E-state index in [0.29, 0.717) is 5.82 Å². The Balaban J connectivity index is 2.15. The van der Waals surface area contributed by atoms with Crippen LogP contribution in [0.2, 0.25) is 0 Å². The highest BCUT2D eigenvalue weighted by Gasteiger charge is 2.15. The zero-order chi connectivity index (χ0) is 15.0. The van der Waals surface area contributed by atoms with Crippen LogP contribution in [0.25, 0.3) is 21.8 Å². The SMILES string of the molecule is Cc1ccc(-c2nc(O)c(-c3cccc(F)c3)c(=O)[nH]2)s1. The van der Waals surface area contributed by atoms with Crippen molar-refractivity contribution >= 4 is 11.3 Å². The number of aryl methyl sites for hydroxylation is 1. The summed E-state index contributed by atoms with van der Waals surface area (Å²) in [6.45, 7) is 1.94. The van der Waals surface area contributed by atoms with Crippen molar-refractivity contribution in [3.05, 3.63) is 57.4 Å². The fraction of sp³-hybridized carbons (Fsp3) is 0.0667. The zero-order valence-corrected chi connectivity index (χ0v) is 11.9. The highest BCUT2D eigenvalue weighted by atomic mass is 32.1. The summed E-state index contributed by atoms with van der Waals surface area (Å²) < 4.78 is 13.3. The van der Waals surface area contributed by atoms with Gasteiger partial charge in [0, 0.05) is 4.88 Å². The summed E-state index contributed by atoms with van der Waals surface area (Å²) in [4.78, 5) is 20.6. The lowest BCUT2D eigenvalue weighted by atomic mass is 10.1. The molecular weight excluding hydrogens is 291 g/mol. The topological polar surface area (TPSA) is 66.0 Å². The Labute approximate surface area is 123 Å². The molecule has 0 atom stereocenters. The molecule has 106 valence electrons. The van der Waals surface area contributed by atoms with Gasteiger partial charge in [-0.15, -0.1) is 11.3 Å². The minimum atomic E-state index is -0.505. The van der Waals surface area contributed by atoms with Gasteiger partial charge < -0.3 is 10.1 Å². The molecule has 6 heteroatoms. The second kappa shape index (κ2) is 5.14. The molecule has 0 fully saturated rings. The first-order valence-corrected chi connectivity index (χ1v) is 7.02. The molecule has 0 amide bonds. The van der Waals surface area contributed by atoms with Gasteiger partial charge in [0.2, 0.25) is 5.88 Å². The Kier molecular flexibility index (Phi) is 3.31. The number of aromatic amines is 1. The van der Waals surface area contributed by atoms with Gasteiger partial charge in [0.1, 0.15) is 11.4 Å². The third-order valence-corrected chi connectivity index (χ3v) is 3.99. The van der Waals surface area contributed by atoms with E-state index in [1.54, 1.807) is 6.07 Å². The second-order valence-corrected chi connectivity index (χ2v) is 5.82. The lowest BCUT2D eigenvalue weighted by Crippen LogP contribution is -2.11. The lowest BCUT2D eigenvalue weighted by molar-refractivity contribution is 0.454. The fourth-order valence-electron chi connectivity index (χ4n) is 2.04. The molecular formula is C15H11FN2O2S. The molecule has 2 N–H and O–H groups in total. The number of nitrogens with zero attached hydrogens (tertiary/aromatic N) is 1. The van der Waals surface area contributed by atoms with Gasteiger partial charge in [-0.3, -0.25) is 4.79 Å². The van der Waals surface area contributed by atoms with Crippen molar-refractivity contribution in [2.45, 2.75) is 6.92 Å². The number of benzene rings is 1. The average Bonchev–Trinajstić information content (AvgIpc) is 2.85. The van der Waals surface area contributed by atoms with Crippen molar-refractivity contribution in [2.75, 3.05) is 0 Å². The smallest absolute Gasteiger partial charge is 0.262 e. The van der Waals surface area contributed by atoms with Gasteiger partial charge in [0.15, 0.2) is 5.82 Å². The molecule has 0 aliphatic rings. The van der Waals surface area contributed by atoms with Crippen LogP contribution in [0.1, 0.15) is 4.88 Å². The van der Waals surface area contributed by atoms with Crippen LogP contribution >= 0.6 is 11.3 Å². The van der Waals surface area contributed by atoms with Crippen molar-refractivity contribution in [3.63, 3.8) is 0 Å². The van der Waals surface area contributed by atoms with Crippen molar-refractivity contribution in [1.82, 2.24) is 9.97 Å². The van der Waals surface area contributed by atoms with E-state index in [1.807, 2.05) is 19.1 Å². The molecule has 0 unspecified atom stereocenters. The molecule has 3 aromatic rings. The fourth-order valence-corrected chi connectivity index (χ4v) is 2.86. The quantitative estimate of drug-likeness (QED) is 0.763. The number of H-pyrrole nitrogens is 1. The Bertz CT molecular complexity index is 870. The molecule has 0 bridgehead atoms. The summed E-state index contributed by atoms with van der Waals surface area (Å²) in [7, 11) is 0. The number of rotatable bonds is 2. The Morgan fingerprint density at radius 3 is 2.71 bits per heavy atom. The Hall–Kier alpha value is -2.47. The molecule has 21 heavy (non-hydrogen) atoms. The van der Waals surface area contributed by atoms with Crippen molar-refractivity contribution in [3.8, 4) is 27.7 Å². The van der Waals surface area contributed by atoms with E-state index in [-0.39, 0.29) is 11.1 Å². The van der Waals surface area contributed by atoms with Crippen LogP contribution in [-0.4, -0.2) is 15.1 Å². The predicted molar refractivity (Wildman–Crippen MR) is 80.0 cm³/mol. The summed E-state index contributed by atoms with van der Waals surface area (Å²) in [5.74, 6) is -0.592. The van der Waals surface area contributed by atoms with Crippen LogP contribution in [-0.2, 0) is 0 Å². The maximum absolute atomic E-state index is 13.3. The van der Waals surface area contributed by atoms with E-state index in [9.17, 15) is 14.3 Å². The number of hydrogen-bond acceptors (Lipinski definition) is 4. The summed E-state index contributed by atoms with van der Waals surface area (Å²) in [6, 6.07) is 9.19. The number of hydrogen-bond donors (Lipinski definition) is 2. The van der Waals surface area contributed by atoms with E-state index in [2.05, 4.69) is 9.97 Å². The number of aromatic nitrogens is 2. The minimum Gasteiger partial charge on any atom is -0.493 e. The number of halogens is 1. The van der Waals surface area contributed by atoms with Crippen LogP contribution in [0, 0.1) is 12.7 Å². The van der Waals surface area contributed by atoms with Gasteiger partial charge in [-0.1, -0.05) is 12.1 Å². The third kappa shape index (κ3) is 2.57. The Morgan fingerprint density at radius 1 is 1.29 bits per heavy atom. The molecule has 0 radical (unpaired) electrons. The first-order chi connectivity index (χ1) is 10.0. The summed E-state index contributed by atoms with van der Waals surface area (Å²) in [5.41, 5.74) is -0.254. The van der Waals surface area contributed by atoms with Crippen LogP contribution < -0.4 is 5.56 Å². The standard InChI is InChI=1S/C15H11FN2O2S/c1-8-5-6-11(21-8)13-17-14(19)12(15(20)18-13)9-3-2-4-10(16)7-9/h2-7H,1H3,(H2,17,18,19,20). The molecule has 2 aromatic heterocycles. The minimum absolute atomic E-state index is 0.0356.